The van der Waals surface area contributed by atoms with Crippen LogP contribution in [0.4, 0.5) is 0 Å². The molecule has 2 rings (SSSR count). The summed E-state index contributed by atoms with van der Waals surface area (Å²) in [6, 6.07) is 9.65. The Balaban J connectivity index is 2.04. The number of methoxy groups -OCH3 is 1. The lowest BCUT2D eigenvalue weighted by molar-refractivity contribution is -0.142. The maximum atomic E-state index is 11.0. The summed E-state index contributed by atoms with van der Waals surface area (Å²) in [5.41, 5.74) is 1.03. The van der Waals surface area contributed by atoms with Gasteiger partial charge in [-0.25, -0.2) is 4.79 Å². The van der Waals surface area contributed by atoms with Gasteiger partial charge >= 0.3 is 5.97 Å². The number of rotatable bonds is 2. The minimum atomic E-state index is -0.396. The summed E-state index contributed by atoms with van der Waals surface area (Å²) in [4.78, 5) is 11.0. The standard InChI is InChI=1S/C10H10O3/c1-12-10(11)9-8(13-9)7-5-3-2-4-6-7/h2-6,8-9H,1H3/t8-,9-/m1/s1. The number of esters is 1. The smallest absolute Gasteiger partial charge is 0.338 e. The van der Waals surface area contributed by atoms with Crippen molar-refractivity contribution >= 4 is 5.97 Å². The fourth-order valence-corrected chi connectivity index (χ4v) is 1.30. The lowest BCUT2D eigenvalue weighted by Gasteiger charge is -1.93. The molecule has 1 heterocycles. The van der Waals surface area contributed by atoms with Gasteiger partial charge in [0.05, 0.1) is 7.11 Å². The van der Waals surface area contributed by atoms with Gasteiger partial charge in [-0.3, -0.25) is 0 Å². The molecule has 0 N–H and O–H groups in total. The molecule has 0 radical (unpaired) electrons. The lowest BCUT2D eigenvalue weighted by Crippen LogP contribution is -2.09. The zero-order chi connectivity index (χ0) is 9.26. The Morgan fingerprint density at radius 1 is 1.38 bits per heavy atom. The van der Waals surface area contributed by atoms with Crippen molar-refractivity contribution in [3.05, 3.63) is 35.9 Å². The first-order chi connectivity index (χ1) is 6.33. The summed E-state index contributed by atoms with van der Waals surface area (Å²) in [5, 5.41) is 0. The molecule has 0 amide bonds. The predicted octanol–water partition coefficient (Wildman–Crippen LogP) is 1.30. The van der Waals surface area contributed by atoms with Crippen LogP contribution in [0.1, 0.15) is 11.7 Å². The molecule has 1 aromatic rings. The third kappa shape index (κ3) is 1.55. The van der Waals surface area contributed by atoms with Gasteiger partial charge in [0, 0.05) is 0 Å². The second-order valence-electron chi connectivity index (χ2n) is 2.91. The summed E-state index contributed by atoms with van der Waals surface area (Å²) >= 11 is 0. The number of benzene rings is 1. The number of carbonyl (C=O) groups is 1. The molecule has 1 aliphatic heterocycles. The van der Waals surface area contributed by atoms with Crippen LogP contribution in [0.5, 0.6) is 0 Å². The van der Waals surface area contributed by atoms with Crippen LogP contribution in [0.25, 0.3) is 0 Å². The summed E-state index contributed by atoms with van der Waals surface area (Å²) in [6.45, 7) is 0. The van der Waals surface area contributed by atoms with E-state index >= 15 is 0 Å². The quantitative estimate of drug-likeness (QED) is 0.506. The maximum absolute atomic E-state index is 11.0. The van der Waals surface area contributed by atoms with Gasteiger partial charge in [-0.05, 0) is 5.56 Å². The maximum Gasteiger partial charge on any atom is 0.338 e. The number of ether oxygens (including phenoxy) is 2. The highest BCUT2D eigenvalue weighted by molar-refractivity contribution is 5.78. The van der Waals surface area contributed by atoms with E-state index in [1.54, 1.807) is 0 Å². The normalized spacial score (nSPS) is 25.3. The van der Waals surface area contributed by atoms with Gasteiger partial charge in [-0.2, -0.15) is 0 Å². The first kappa shape index (κ1) is 8.26. The molecule has 1 saturated heterocycles. The van der Waals surface area contributed by atoms with Gasteiger partial charge < -0.3 is 9.47 Å². The molecule has 68 valence electrons. The minimum absolute atomic E-state index is 0.103. The summed E-state index contributed by atoms with van der Waals surface area (Å²) in [6.07, 6.45) is -0.499. The molecule has 0 saturated carbocycles. The number of epoxide rings is 1. The first-order valence-corrected chi connectivity index (χ1v) is 4.11. The minimum Gasteiger partial charge on any atom is -0.467 e. The highest BCUT2D eigenvalue weighted by Gasteiger charge is 2.46. The first-order valence-electron chi connectivity index (χ1n) is 4.11. The average Bonchev–Trinajstić information content (AvgIpc) is 2.98. The van der Waals surface area contributed by atoms with Crippen LogP contribution in [0.2, 0.25) is 0 Å². The Morgan fingerprint density at radius 2 is 2.08 bits per heavy atom. The fraction of sp³-hybridized carbons (Fsp3) is 0.300. The lowest BCUT2D eigenvalue weighted by atomic mass is 10.1. The Kier molecular flexibility index (Phi) is 2.02. The topological polar surface area (TPSA) is 38.8 Å². The predicted molar refractivity (Wildman–Crippen MR) is 46.1 cm³/mol. The van der Waals surface area contributed by atoms with Gasteiger partial charge in [-0.15, -0.1) is 0 Å². The molecule has 1 fully saturated rings. The van der Waals surface area contributed by atoms with Crippen molar-refractivity contribution < 1.29 is 14.3 Å². The Bertz CT molecular complexity index is 307. The molecule has 0 spiro atoms. The van der Waals surface area contributed by atoms with Crippen LogP contribution in [0.15, 0.2) is 30.3 Å². The van der Waals surface area contributed by atoms with E-state index in [1.165, 1.54) is 7.11 Å². The molecular formula is C10H10O3. The number of hydrogen-bond donors (Lipinski definition) is 0. The molecule has 3 nitrogen and oxygen atoms in total. The van der Waals surface area contributed by atoms with Crippen LogP contribution in [0.3, 0.4) is 0 Å². The van der Waals surface area contributed by atoms with Crippen molar-refractivity contribution in [2.75, 3.05) is 7.11 Å². The van der Waals surface area contributed by atoms with Crippen molar-refractivity contribution in [3.63, 3.8) is 0 Å². The van der Waals surface area contributed by atoms with Crippen molar-refractivity contribution in [2.24, 2.45) is 0 Å². The van der Waals surface area contributed by atoms with E-state index in [2.05, 4.69) is 4.74 Å². The van der Waals surface area contributed by atoms with E-state index in [9.17, 15) is 4.79 Å². The molecule has 0 aliphatic carbocycles. The molecule has 2 atom stereocenters. The molecule has 1 aromatic carbocycles. The molecule has 1 aliphatic rings. The molecule has 13 heavy (non-hydrogen) atoms. The van der Waals surface area contributed by atoms with E-state index < -0.39 is 6.10 Å². The molecule has 0 bridgehead atoms. The van der Waals surface area contributed by atoms with Crippen LogP contribution in [0, 0.1) is 0 Å². The largest absolute Gasteiger partial charge is 0.467 e. The highest BCUT2D eigenvalue weighted by atomic mass is 16.6. The van der Waals surface area contributed by atoms with E-state index in [0.29, 0.717) is 0 Å². The average molecular weight is 178 g/mol. The van der Waals surface area contributed by atoms with Crippen LogP contribution >= 0.6 is 0 Å². The van der Waals surface area contributed by atoms with E-state index in [0.717, 1.165) is 5.56 Å². The highest BCUT2D eigenvalue weighted by Crippen LogP contribution is 2.38. The zero-order valence-corrected chi connectivity index (χ0v) is 7.27. The third-order valence-electron chi connectivity index (χ3n) is 2.05. The fourth-order valence-electron chi connectivity index (χ4n) is 1.30. The summed E-state index contributed by atoms with van der Waals surface area (Å²) in [7, 11) is 1.37. The molecule has 3 heteroatoms. The number of hydrogen-bond acceptors (Lipinski definition) is 3. The van der Waals surface area contributed by atoms with Crippen LogP contribution in [-0.2, 0) is 14.3 Å². The van der Waals surface area contributed by atoms with Gasteiger partial charge in [0.2, 0.25) is 0 Å². The Labute approximate surface area is 76.3 Å². The third-order valence-corrected chi connectivity index (χ3v) is 2.05. The van der Waals surface area contributed by atoms with Crippen LogP contribution < -0.4 is 0 Å². The SMILES string of the molecule is COC(=O)[C@@H]1O[C@@H]1c1ccccc1. The van der Waals surface area contributed by atoms with Gasteiger partial charge in [0.15, 0.2) is 6.10 Å². The van der Waals surface area contributed by atoms with Crippen molar-refractivity contribution in [1.29, 1.82) is 0 Å². The molecule has 0 unspecified atom stereocenters. The van der Waals surface area contributed by atoms with Crippen molar-refractivity contribution in [3.8, 4) is 0 Å². The summed E-state index contributed by atoms with van der Waals surface area (Å²) < 4.78 is 9.74. The van der Waals surface area contributed by atoms with Crippen LogP contribution in [-0.4, -0.2) is 19.2 Å². The second-order valence-corrected chi connectivity index (χ2v) is 2.91. The van der Waals surface area contributed by atoms with Gasteiger partial charge in [0.1, 0.15) is 6.10 Å². The monoisotopic (exact) mass is 178 g/mol. The van der Waals surface area contributed by atoms with Gasteiger partial charge in [0.25, 0.3) is 0 Å². The van der Waals surface area contributed by atoms with Crippen molar-refractivity contribution in [1.82, 2.24) is 0 Å². The van der Waals surface area contributed by atoms with Gasteiger partial charge in [-0.1, -0.05) is 30.3 Å². The Hall–Kier alpha value is -1.35. The zero-order valence-electron chi connectivity index (χ0n) is 7.27. The molecule has 0 aromatic heterocycles. The number of carbonyl (C=O) groups excluding carboxylic acids is 1. The summed E-state index contributed by atoms with van der Waals surface area (Å²) in [5.74, 6) is -0.297. The Morgan fingerprint density at radius 3 is 2.69 bits per heavy atom. The van der Waals surface area contributed by atoms with E-state index in [1.807, 2.05) is 30.3 Å². The van der Waals surface area contributed by atoms with E-state index in [-0.39, 0.29) is 12.1 Å². The van der Waals surface area contributed by atoms with E-state index in [4.69, 9.17) is 4.74 Å². The molecular weight excluding hydrogens is 168 g/mol. The van der Waals surface area contributed by atoms with Crippen molar-refractivity contribution in [2.45, 2.75) is 12.2 Å². The second kappa shape index (κ2) is 3.18.